The number of hydroxylamine groups is 1. The molecule has 1 aliphatic carbocycles. The Morgan fingerprint density at radius 3 is 1.92 bits per heavy atom. The quantitative estimate of drug-likeness (QED) is 0.554. The van der Waals surface area contributed by atoms with E-state index in [2.05, 4.69) is 5.48 Å². The molecule has 0 aromatic carbocycles. The van der Waals surface area contributed by atoms with Gasteiger partial charge in [0, 0.05) is 0 Å². The summed E-state index contributed by atoms with van der Waals surface area (Å²) in [5, 5.41) is 18.9. The Kier molecular flexibility index (Phi) is 2.76. The molecule has 0 bridgehead atoms. The maximum Gasteiger partial charge on any atom is 0.0794 e. The van der Waals surface area contributed by atoms with Crippen LogP contribution in [0.3, 0.4) is 0 Å². The van der Waals surface area contributed by atoms with Gasteiger partial charge in [-0.05, 0) is 26.7 Å². The SMILES string of the molecule is CC(C)(O)C1(NO)CCCCC1. The van der Waals surface area contributed by atoms with Crippen LogP contribution in [-0.2, 0) is 0 Å². The van der Waals surface area contributed by atoms with Gasteiger partial charge in [-0.25, -0.2) is 0 Å². The van der Waals surface area contributed by atoms with E-state index in [0.717, 1.165) is 25.7 Å². The van der Waals surface area contributed by atoms with E-state index in [9.17, 15) is 5.11 Å². The number of hydrogen-bond donors (Lipinski definition) is 3. The third-order valence-corrected chi connectivity index (χ3v) is 3.09. The highest BCUT2D eigenvalue weighted by atomic mass is 16.5. The zero-order valence-corrected chi connectivity index (χ0v) is 7.93. The minimum Gasteiger partial charge on any atom is -0.388 e. The van der Waals surface area contributed by atoms with E-state index in [-0.39, 0.29) is 0 Å². The third kappa shape index (κ3) is 1.63. The molecule has 12 heavy (non-hydrogen) atoms. The van der Waals surface area contributed by atoms with Crippen molar-refractivity contribution in [1.29, 1.82) is 0 Å². The van der Waals surface area contributed by atoms with Gasteiger partial charge in [-0.2, -0.15) is 5.48 Å². The van der Waals surface area contributed by atoms with Crippen LogP contribution < -0.4 is 5.48 Å². The first-order valence-electron chi connectivity index (χ1n) is 4.65. The van der Waals surface area contributed by atoms with Crippen molar-refractivity contribution >= 4 is 0 Å². The Balaban J connectivity index is 2.73. The summed E-state index contributed by atoms with van der Waals surface area (Å²) in [6.07, 6.45) is 5.08. The first kappa shape index (κ1) is 9.96. The zero-order chi connectivity index (χ0) is 9.24. The van der Waals surface area contributed by atoms with Crippen molar-refractivity contribution in [1.82, 2.24) is 5.48 Å². The molecule has 3 N–H and O–H groups in total. The first-order chi connectivity index (χ1) is 5.52. The molecule has 0 unspecified atom stereocenters. The molecule has 0 aromatic rings. The molecule has 1 aliphatic rings. The van der Waals surface area contributed by atoms with E-state index in [1.54, 1.807) is 13.8 Å². The summed E-state index contributed by atoms with van der Waals surface area (Å²) >= 11 is 0. The largest absolute Gasteiger partial charge is 0.388 e. The lowest BCUT2D eigenvalue weighted by Crippen LogP contribution is -2.60. The van der Waals surface area contributed by atoms with Crippen LogP contribution >= 0.6 is 0 Å². The molecule has 0 aliphatic heterocycles. The first-order valence-corrected chi connectivity index (χ1v) is 4.65. The van der Waals surface area contributed by atoms with Crippen LogP contribution in [0.5, 0.6) is 0 Å². The fourth-order valence-electron chi connectivity index (χ4n) is 2.02. The van der Waals surface area contributed by atoms with E-state index in [1.165, 1.54) is 6.42 Å². The molecule has 3 heteroatoms. The van der Waals surface area contributed by atoms with E-state index in [4.69, 9.17) is 5.21 Å². The predicted octanol–water partition coefficient (Wildman–Crippen LogP) is 1.44. The van der Waals surface area contributed by atoms with Gasteiger partial charge in [-0.3, -0.25) is 0 Å². The number of rotatable bonds is 2. The molecule has 0 atom stereocenters. The minimum absolute atomic E-state index is 0.481. The summed E-state index contributed by atoms with van der Waals surface area (Å²) in [7, 11) is 0. The van der Waals surface area contributed by atoms with E-state index >= 15 is 0 Å². The van der Waals surface area contributed by atoms with Gasteiger partial charge in [0.2, 0.25) is 0 Å². The van der Waals surface area contributed by atoms with Crippen LogP contribution in [0.15, 0.2) is 0 Å². The second-order valence-corrected chi connectivity index (χ2v) is 4.31. The van der Waals surface area contributed by atoms with Crippen molar-refractivity contribution in [2.24, 2.45) is 0 Å². The second-order valence-electron chi connectivity index (χ2n) is 4.31. The molecule has 0 spiro atoms. The summed E-state index contributed by atoms with van der Waals surface area (Å²) < 4.78 is 0. The summed E-state index contributed by atoms with van der Waals surface area (Å²) in [4.78, 5) is 0. The molecule has 0 saturated heterocycles. The van der Waals surface area contributed by atoms with Gasteiger partial charge in [0.15, 0.2) is 0 Å². The fourth-order valence-corrected chi connectivity index (χ4v) is 2.02. The Bertz CT molecular complexity index is 145. The number of aliphatic hydroxyl groups is 1. The molecule has 0 amide bonds. The Morgan fingerprint density at radius 2 is 1.67 bits per heavy atom. The van der Waals surface area contributed by atoms with Gasteiger partial charge < -0.3 is 10.3 Å². The topological polar surface area (TPSA) is 52.5 Å². The van der Waals surface area contributed by atoms with Crippen molar-refractivity contribution in [2.45, 2.75) is 57.1 Å². The van der Waals surface area contributed by atoms with E-state index in [1.807, 2.05) is 0 Å². The van der Waals surface area contributed by atoms with Crippen molar-refractivity contribution in [3.8, 4) is 0 Å². The minimum atomic E-state index is -0.845. The van der Waals surface area contributed by atoms with Crippen molar-refractivity contribution < 1.29 is 10.3 Å². The highest BCUT2D eigenvalue weighted by Crippen LogP contribution is 2.36. The molecule has 0 heterocycles. The number of nitrogens with one attached hydrogen (secondary N) is 1. The Morgan fingerprint density at radius 1 is 1.17 bits per heavy atom. The Labute approximate surface area is 73.7 Å². The van der Waals surface area contributed by atoms with Gasteiger partial charge in [0.25, 0.3) is 0 Å². The monoisotopic (exact) mass is 173 g/mol. The van der Waals surface area contributed by atoms with Crippen LogP contribution in [0.25, 0.3) is 0 Å². The van der Waals surface area contributed by atoms with Gasteiger partial charge >= 0.3 is 0 Å². The van der Waals surface area contributed by atoms with Crippen molar-refractivity contribution in [2.75, 3.05) is 0 Å². The second kappa shape index (κ2) is 3.32. The zero-order valence-electron chi connectivity index (χ0n) is 7.93. The average molecular weight is 173 g/mol. The molecular weight excluding hydrogens is 154 g/mol. The lowest BCUT2D eigenvalue weighted by molar-refractivity contribution is -0.0988. The predicted molar refractivity (Wildman–Crippen MR) is 47.0 cm³/mol. The summed E-state index contributed by atoms with van der Waals surface area (Å²) in [6, 6.07) is 0. The molecular formula is C9H19NO2. The van der Waals surface area contributed by atoms with Gasteiger partial charge in [-0.1, -0.05) is 19.3 Å². The smallest absolute Gasteiger partial charge is 0.0794 e. The van der Waals surface area contributed by atoms with E-state index < -0.39 is 11.1 Å². The van der Waals surface area contributed by atoms with Crippen LogP contribution in [-0.4, -0.2) is 21.5 Å². The summed E-state index contributed by atoms with van der Waals surface area (Å²) in [5.74, 6) is 0. The third-order valence-electron chi connectivity index (χ3n) is 3.09. The fraction of sp³-hybridized carbons (Fsp3) is 1.00. The molecule has 0 aromatic heterocycles. The van der Waals surface area contributed by atoms with Crippen molar-refractivity contribution in [3.63, 3.8) is 0 Å². The molecule has 1 saturated carbocycles. The van der Waals surface area contributed by atoms with E-state index in [0.29, 0.717) is 0 Å². The summed E-state index contributed by atoms with van der Waals surface area (Å²) in [5.41, 5.74) is 0.981. The van der Waals surface area contributed by atoms with Gasteiger partial charge in [0.1, 0.15) is 0 Å². The lowest BCUT2D eigenvalue weighted by atomic mass is 9.72. The van der Waals surface area contributed by atoms with Crippen LogP contribution in [0.2, 0.25) is 0 Å². The number of hydrogen-bond acceptors (Lipinski definition) is 3. The molecule has 3 nitrogen and oxygen atoms in total. The Hall–Kier alpha value is -0.120. The molecule has 0 radical (unpaired) electrons. The summed E-state index contributed by atoms with van der Waals surface area (Å²) in [6.45, 7) is 3.50. The molecule has 1 fully saturated rings. The molecule has 1 rings (SSSR count). The average Bonchev–Trinajstić information content (AvgIpc) is 2.04. The standard InChI is InChI=1S/C9H19NO2/c1-8(2,11)9(10-12)6-4-3-5-7-9/h10-12H,3-7H2,1-2H3. The van der Waals surface area contributed by atoms with Gasteiger partial charge in [-0.15, -0.1) is 0 Å². The normalized spacial score (nSPS) is 24.0. The van der Waals surface area contributed by atoms with Crippen LogP contribution in [0, 0.1) is 0 Å². The maximum absolute atomic E-state index is 9.87. The van der Waals surface area contributed by atoms with Crippen LogP contribution in [0.4, 0.5) is 0 Å². The lowest BCUT2D eigenvalue weighted by Gasteiger charge is -2.44. The molecule has 72 valence electrons. The van der Waals surface area contributed by atoms with Gasteiger partial charge in [0.05, 0.1) is 11.1 Å². The highest BCUT2D eigenvalue weighted by molar-refractivity contribution is 5.00. The van der Waals surface area contributed by atoms with Crippen molar-refractivity contribution in [3.05, 3.63) is 0 Å². The maximum atomic E-state index is 9.87. The highest BCUT2D eigenvalue weighted by Gasteiger charge is 2.44. The van der Waals surface area contributed by atoms with Crippen LogP contribution in [0.1, 0.15) is 46.0 Å².